The second kappa shape index (κ2) is 7.06. The fourth-order valence-corrected chi connectivity index (χ4v) is 3.62. The number of carbonyl (C=O) groups is 1. The van der Waals surface area contributed by atoms with Crippen LogP contribution in [0.2, 0.25) is 0 Å². The van der Waals surface area contributed by atoms with Gasteiger partial charge in [0.1, 0.15) is 0 Å². The van der Waals surface area contributed by atoms with Gasteiger partial charge in [-0.05, 0) is 42.2 Å². The van der Waals surface area contributed by atoms with Gasteiger partial charge >= 0.3 is 0 Å². The molecule has 128 valence electrons. The first-order chi connectivity index (χ1) is 12.8. The number of benzene rings is 2. The Morgan fingerprint density at radius 1 is 1.04 bits per heavy atom. The number of carbonyl (C=O) groups excluding carboxylic acids is 1. The number of anilines is 1. The summed E-state index contributed by atoms with van der Waals surface area (Å²) in [7, 11) is 0. The van der Waals surface area contributed by atoms with Gasteiger partial charge < -0.3 is 10.3 Å². The molecule has 2 N–H and O–H groups in total. The lowest BCUT2D eigenvalue weighted by Gasteiger charge is -2.07. The molecule has 26 heavy (non-hydrogen) atoms. The molecule has 0 bridgehead atoms. The molecule has 0 unspecified atom stereocenters. The summed E-state index contributed by atoms with van der Waals surface area (Å²) in [5.41, 5.74) is 4.73. The predicted octanol–water partition coefficient (Wildman–Crippen LogP) is 5.20. The first-order valence-electron chi connectivity index (χ1n) is 8.23. The van der Waals surface area contributed by atoms with Crippen molar-refractivity contribution in [2.24, 2.45) is 0 Å². The number of amides is 1. The molecule has 4 nitrogen and oxygen atoms in total. The van der Waals surface area contributed by atoms with Crippen LogP contribution in [0.5, 0.6) is 0 Å². The third-order valence-corrected chi connectivity index (χ3v) is 4.95. The van der Waals surface area contributed by atoms with Crippen LogP contribution in [0.3, 0.4) is 0 Å². The van der Waals surface area contributed by atoms with Gasteiger partial charge in [0.2, 0.25) is 0 Å². The zero-order valence-corrected chi connectivity index (χ0v) is 15.0. The minimum atomic E-state index is -0.164. The van der Waals surface area contributed by atoms with Gasteiger partial charge in [-0.15, -0.1) is 11.8 Å². The molecule has 4 aromatic rings. The number of para-hydroxylation sites is 1. The third-order valence-electron chi connectivity index (χ3n) is 4.23. The molecule has 0 radical (unpaired) electrons. The van der Waals surface area contributed by atoms with E-state index in [1.54, 1.807) is 36.3 Å². The Balaban J connectivity index is 1.64. The van der Waals surface area contributed by atoms with Crippen molar-refractivity contribution in [2.75, 3.05) is 11.6 Å². The SMILES string of the molecule is CSc1[nH]c2ccccc2c1-c1ccc(NC(=O)c2cccnc2)cc1. The minimum absolute atomic E-state index is 0.164. The summed E-state index contributed by atoms with van der Waals surface area (Å²) in [6, 6.07) is 19.7. The number of nitrogens with one attached hydrogen (secondary N) is 2. The maximum Gasteiger partial charge on any atom is 0.257 e. The molecule has 2 heterocycles. The summed E-state index contributed by atoms with van der Waals surface area (Å²) >= 11 is 1.70. The average molecular weight is 359 g/mol. The van der Waals surface area contributed by atoms with E-state index in [-0.39, 0.29) is 5.91 Å². The van der Waals surface area contributed by atoms with Gasteiger partial charge in [0.25, 0.3) is 5.91 Å². The smallest absolute Gasteiger partial charge is 0.257 e. The number of hydrogen-bond acceptors (Lipinski definition) is 3. The van der Waals surface area contributed by atoms with E-state index in [9.17, 15) is 4.79 Å². The van der Waals surface area contributed by atoms with E-state index in [1.807, 2.05) is 36.4 Å². The highest BCUT2D eigenvalue weighted by atomic mass is 32.2. The first kappa shape index (κ1) is 16.4. The molecule has 0 atom stereocenters. The van der Waals surface area contributed by atoms with Crippen LogP contribution >= 0.6 is 11.8 Å². The van der Waals surface area contributed by atoms with Crippen LogP contribution in [-0.4, -0.2) is 22.1 Å². The predicted molar refractivity (Wildman–Crippen MR) is 108 cm³/mol. The van der Waals surface area contributed by atoms with Crippen LogP contribution in [0, 0.1) is 0 Å². The summed E-state index contributed by atoms with van der Waals surface area (Å²) in [4.78, 5) is 19.7. The van der Waals surface area contributed by atoms with E-state index >= 15 is 0 Å². The lowest BCUT2D eigenvalue weighted by Crippen LogP contribution is -2.11. The molecule has 4 rings (SSSR count). The molecule has 5 heteroatoms. The average Bonchev–Trinajstić information content (AvgIpc) is 3.08. The van der Waals surface area contributed by atoms with Gasteiger partial charge in [-0.1, -0.05) is 30.3 Å². The molecular weight excluding hydrogens is 342 g/mol. The van der Waals surface area contributed by atoms with Crippen LogP contribution in [0.1, 0.15) is 10.4 Å². The van der Waals surface area contributed by atoms with Gasteiger partial charge in [-0.3, -0.25) is 9.78 Å². The molecule has 0 aliphatic heterocycles. The van der Waals surface area contributed by atoms with Gasteiger partial charge in [-0.2, -0.15) is 0 Å². The van der Waals surface area contributed by atoms with Crippen molar-refractivity contribution >= 4 is 34.3 Å². The number of fused-ring (bicyclic) bond motifs is 1. The highest BCUT2D eigenvalue weighted by Crippen LogP contribution is 2.37. The molecular formula is C21H17N3OS. The third kappa shape index (κ3) is 3.09. The molecule has 0 aliphatic rings. The van der Waals surface area contributed by atoms with Crippen molar-refractivity contribution in [1.29, 1.82) is 0 Å². The van der Waals surface area contributed by atoms with Crippen LogP contribution in [-0.2, 0) is 0 Å². The van der Waals surface area contributed by atoms with E-state index in [0.717, 1.165) is 21.8 Å². The van der Waals surface area contributed by atoms with E-state index in [4.69, 9.17) is 0 Å². The minimum Gasteiger partial charge on any atom is -0.349 e. The molecule has 0 fully saturated rings. The standard InChI is InChI=1S/C21H17N3OS/c1-26-21-19(17-6-2-3-7-18(17)24-21)14-8-10-16(11-9-14)23-20(25)15-5-4-12-22-13-15/h2-13,24H,1H3,(H,23,25). The normalized spacial score (nSPS) is 10.8. The van der Waals surface area contributed by atoms with E-state index in [1.165, 1.54) is 10.9 Å². The van der Waals surface area contributed by atoms with Gasteiger partial charge in [0, 0.05) is 34.5 Å². The lowest BCUT2D eigenvalue weighted by atomic mass is 10.0. The molecule has 0 saturated heterocycles. The Hall–Kier alpha value is -3.05. The number of rotatable bonds is 4. The zero-order valence-electron chi connectivity index (χ0n) is 14.2. The summed E-state index contributed by atoms with van der Waals surface area (Å²) in [5.74, 6) is -0.164. The number of nitrogens with zero attached hydrogens (tertiary/aromatic N) is 1. The summed E-state index contributed by atoms with van der Waals surface area (Å²) < 4.78 is 0. The number of pyridine rings is 1. The van der Waals surface area contributed by atoms with Crippen molar-refractivity contribution in [2.45, 2.75) is 5.03 Å². The highest BCUT2D eigenvalue weighted by Gasteiger charge is 2.13. The number of thioether (sulfide) groups is 1. The van der Waals surface area contributed by atoms with E-state index in [0.29, 0.717) is 5.56 Å². The highest BCUT2D eigenvalue weighted by molar-refractivity contribution is 7.98. The van der Waals surface area contributed by atoms with E-state index in [2.05, 4.69) is 33.7 Å². The maximum absolute atomic E-state index is 12.2. The fraction of sp³-hybridized carbons (Fsp3) is 0.0476. The van der Waals surface area contributed by atoms with Crippen molar-refractivity contribution in [3.8, 4) is 11.1 Å². The molecule has 1 amide bonds. The maximum atomic E-state index is 12.2. The zero-order chi connectivity index (χ0) is 17.9. The molecule has 0 spiro atoms. The largest absolute Gasteiger partial charge is 0.349 e. The number of aromatic nitrogens is 2. The van der Waals surface area contributed by atoms with Crippen molar-refractivity contribution in [1.82, 2.24) is 9.97 Å². The Morgan fingerprint density at radius 3 is 2.58 bits per heavy atom. The quantitative estimate of drug-likeness (QED) is 0.492. The summed E-state index contributed by atoms with van der Waals surface area (Å²) in [5, 5.41) is 5.24. The lowest BCUT2D eigenvalue weighted by molar-refractivity contribution is 0.102. The molecule has 2 aromatic heterocycles. The van der Waals surface area contributed by atoms with Crippen molar-refractivity contribution in [3.05, 3.63) is 78.6 Å². The molecule has 0 aliphatic carbocycles. The molecule has 2 aromatic carbocycles. The monoisotopic (exact) mass is 359 g/mol. The Bertz CT molecular complexity index is 1060. The first-order valence-corrected chi connectivity index (χ1v) is 9.45. The van der Waals surface area contributed by atoms with Gasteiger partial charge in [0.15, 0.2) is 0 Å². The topological polar surface area (TPSA) is 57.8 Å². The molecule has 0 saturated carbocycles. The number of hydrogen-bond donors (Lipinski definition) is 2. The fourth-order valence-electron chi connectivity index (χ4n) is 2.98. The van der Waals surface area contributed by atoms with Gasteiger partial charge in [0.05, 0.1) is 10.6 Å². The van der Waals surface area contributed by atoms with Crippen LogP contribution in [0.25, 0.3) is 22.0 Å². The number of aromatic amines is 1. The Kier molecular flexibility index (Phi) is 4.46. The van der Waals surface area contributed by atoms with E-state index < -0.39 is 0 Å². The second-order valence-electron chi connectivity index (χ2n) is 5.85. The van der Waals surface area contributed by atoms with Crippen molar-refractivity contribution < 1.29 is 4.79 Å². The van der Waals surface area contributed by atoms with Crippen LogP contribution in [0.15, 0.2) is 78.1 Å². The van der Waals surface area contributed by atoms with Crippen LogP contribution in [0.4, 0.5) is 5.69 Å². The Morgan fingerprint density at radius 2 is 1.85 bits per heavy atom. The second-order valence-corrected chi connectivity index (χ2v) is 6.67. The number of H-pyrrole nitrogens is 1. The Labute approximate surface area is 155 Å². The van der Waals surface area contributed by atoms with Crippen LogP contribution < -0.4 is 5.32 Å². The van der Waals surface area contributed by atoms with Gasteiger partial charge in [-0.25, -0.2) is 0 Å². The van der Waals surface area contributed by atoms with Crippen molar-refractivity contribution in [3.63, 3.8) is 0 Å². The summed E-state index contributed by atoms with van der Waals surface area (Å²) in [6.07, 6.45) is 5.27. The summed E-state index contributed by atoms with van der Waals surface area (Å²) in [6.45, 7) is 0.